The molecule has 8 heteroatoms. The Morgan fingerprint density at radius 3 is 2.46 bits per heavy atom. The molecule has 0 saturated heterocycles. The highest BCUT2D eigenvalue weighted by Gasteiger charge is 2.17. The molecule has 1 aromatic heterocycles. The third kappa shape index (κ3) is 3.86. The average molecular weight is 355 g/mol. The van der Waals surface area contributed by atoms with Gasteiger partial charge in [-0.2, -0.15) is 0 Å². The minimum atomic E-state index is -0.564. The first kappa shape index (κ1) is 18.7. The lowest BCUT2D eigenvalue weighted by molar-refractivity contribution is -0.385. The number of carbonyl (C=O) groups is 1. The van der Waals surface area contributed by atoms with Crippen LogP contribution in [0.3, 0.4) is 0 Å². The number of methoxy groups -OCH3 is 1. The zero-order valence-electron chi connectivity index (χ0n) is 14.2. The fraction of sp³-hybridized carbons (Fsp3) is 0.111. The summed E-state index contributed by atoms with van der Waals surface area (Å²) in [6.07, 6.45) is 1.60. The minimum absolute atomic E-state index is 0.0760. The number of esters is 1. The standard InChI is InChI=1S/C9H8N2O.C9H9NO4/c10-8-3-1-2-7-6(8)4-5-11-9(7)12;1-6-7(9(11)14-2)4-3-5-8(6)10(12)13/h1-5H,10H2,(H,11,12);3-5H,1-2H3. The molecular weight excluding hydrogens is 338 g/mol. The molecule has 0 spiro atoms. The number of aromatic amines is 1. The highest BCUT2D eigenvalue weighted by Crippen LogP contribution is 2.21. The Morgan fingerprint density at radius 2 is 1.85 bits per heavy atom. The maximum Gasteiger partial charge on any atom is 0.338 e. The first-order chi connectivity index (χ1) is 12.4. The number of pyridine rings is 1. The number of hydrogen-bond donors (Lipinski definition) is 2. The highest BCUT2D eigenvalue weighted by molar-refractivity contribution is 5.92. The monoisotopic (exact) mass is 355 g/mol. The molecule has 0 fully saturated rings. The van der Waals surface area contributed by atoms with Crippen LogP contribution in [-0.4, -0.2) is 23.0 Å². The van der Waals surface area contributed by atoms with Gasteiger partial charge in [-0.05, 0) is 31.2 Å². The van der Waals surface area contributed by atoms with E-state index >= 15 is 0 Å². The fourth-order valence-corrected chi connectivity index (χ4v) is 2.40. The Kier molecular flexibility index (Phi) is 5.69. The van der Waals surface area contributed by atoms with Crippen molar-refractivity contribution in [2.45, 2.75) is 6.92 Å². The van der Waals surface area contributed by atoms with Crippen molar-refractivity contribution < 1.29 is 14.5 Å². The lowest BCUT2D eigenvalue weighted by Gasteiger charge is -2.03. The predicted molar refractivity (Wildman–Crippen MR) is 98.2 cm³/mol. The van der Waals surface area contributed by atoms with Gasteiger partial charge in [0, 0.05) is 34.3 Å². The van der Waals surface area contributed by atoms with Crippen LogP contribution in [0.4, 0.5) is 11.4 Å². The Balaban J connectivity index is 0.000000189. The van der Waals surface area contributed by atoms with Gasteiger partial charge in [-0.15, -0.1) is 0 Å². The Bertz CT molecular complexity index is 1030. The second-order valence-electron chi connectivity index (χ2n) is 5.31. The van der Waals surface area contributed by atoms with Crippen LogP contribution >= 0.6 is 0 Å². The largest absolute Gasteiger partial charge is 0.465 e. The molecule has 2 aromatic carbocycles. The van der Waals surface area contributed by atoms with E-state index in [4.69, 9.17) is 5.73 Å². The lowest BCUT2D eigenvalue weighted by atomic mass is 10.1. The first-order valence-electron chi connectivity index (χ1n) is 7.55. The molecule has 1 heterocycles. The van der Waals surface area contributed by atoms with Crippen molar-refractivity contribution in [3.63, 3.8) is 0 Å². The number of anilines is 1. The van der Waals surface area contributed by atoms with Crippen LogP contribution in [0.2, 0.25) is 0 Å². The minimum Gasteiger partial charge on any atom is -0.465 e. The van der Waals surface area contributed by atoms with E-state index in [-0.39, 0.29) is 16.8 Å². The number of aromatic nitrogens is 1. The molecule has 0 saturated carbocycles. The second kappa shape index (κ2) is 7.93. The molecule has 3 rings (SSSR count). The molecule has 0 amide bonds. The van der Waals surface area contributed by atoms with Gasteiger partial charge >= 0.3 is 5.97 Å². The van der Waals surface area contributed by atoms with E-state index in [0.29, 0.717) is 16.6 Å². The highest BCUT2D eigenvalue weighted by atomic mass is 16.6. The number of nitrogen functional groups attached to an aromatic ring is 1. The van der Waals surface area contributed by atoms with Crippen LogP contribution in [0.1, 0.15) is 15.9 Å². The predicted octanol–water partition coefficient (Wildman–Crippen LogP) is 2.80. The molecule has 26 heavy (non-hydrogen) atoms. The van der Waals surface area contributed by atoms with Crippen LogP contribution < -0.4 is 11.3 Å². The molecule has 8 nitrogen and oxygen atoms in total. The number of nitro benzene ring substituents is 1. The van der Waals surface area contributed by atoms with Gasteiger partial charge in [0.2, 0.25) is 0 Å². The van der Waals surface area contributed by atoms with Crippen LogP contribution in [0.5, 0.6) is 0 Å². The number of benzene rings is 2. The van der Waals surface area contributed by atoms with Gasteiger partial charge in [0.25, 0.3) is 11.2 Å². The normalized spacial score (nSPS) is 9.92. The number of H-pyrrole nitrogens is 1. The molecule has 0 aliphatic heterocycles. The molecule has 0 aliphatic rings. The Hall–Kier alpha value is -3.68. The van der Waals surface area contributed by atoms with Crippen molar-refractivity contribution in [3.05, 3.63) is 80.3 Å². The summed E-state index contributed by atoms with van der Waals surface area (Å²) in [5.41, 5.74) is 6.68. The summed E-state index contributed by atoms with van der Waals surface area (Å²) in [7, 11) is 1.24. The van der Waals surface area contributed by atoms with Gasteiger partial charge in [0.1, 0.15) is 0 Å². The molecule has 3 N–H and O–H groups in total. The smallest absolute Gasteiger partial charge is 0.338 e. The van der Waals surface area contributed by atoms with E-state index in [1.165, 1.54) is 32.2 Å². The van der Waals surface area contributed by atoms with E-state index in [1.807, 2.05) is 0 Å². The van der Waals surface area contributed by atoms with Crippen LogP contribution in [-0.2, 0) is 4.74 Å². The molecule has 0 bridgehead atoms. The van der Waals surface area contributed by atoms with Gasteiger partial charge in [0.15, 0.2) is 0 Å². The Labute approximate surface area is 148 Å². The number of ether oxygens (including phenoxy) is 1. The van der Waals surface area contributed by atoms with E-state index in [2.05, 4.69) is 9.72 Å². The SMILES string of the molecule is COC(=O)c1cccc([N+](=O)[O-])c1C.Nc1cccc2c(=O)[nH]ccc12. The summed E-state index contributed by atoms with van der Waals surface area (Å²) in [5, 5.41) is 12.0. The van der Waals surface area contributed by atoms with Crippen molar-refractivity contribution in [3.8, 4) is 0 Å². The second-order valence-corrected chi connectivity index (χ2v) is 5.31. The van der Waals surface area contributed by atoms with Crippen LogP contribution in [0.15, 0.2) is 53.5 Å². The molecule has 0 aliphatic carbocycles. The number of nitrogens with zero attached hydrogens (tertiary/aromatic N) is 1. The topological polar surface area (TPSA) is 128 Å². The summed E-state index contributed by atoms with van der Waals surface area (Å²) in [5.74, 6) is -0.564. The van der Waals surface area contributed by atoms with E-state index < -0.39 is 10.9 Å². The van der Waals surface area contributed by atoms with Crippen molar-refractivity contribution in [1.29, 1.82) is 0 Å². The van der Waals surface area contributed by atoms with E-state index in [1.54, 1.807) is 30.5 Å². The fourth-order valence-electron chi connectivity index (χ4n) is 2.40. The number of nitrogens with one attached hydrogen (secondary N) is 1. The van der Waals surface area contributed by atoms with Crippen molar-refractivity contribution in [2.75, 3.05) is 12.8 Å². The summed E-state index contributed by atoms with van der Waals surface area (Å²) in [6.45, 7) is 1.52. The van der Waals surface area contributed by atoms with Gasteiger partial charge < -0.3 is 15.5 Å². The summed E-state index contributed by atoms with van der Waals surface area (Å²) >= 11 is 0. The molecule has 0 atom stereocenters. The van der Waals surface area contributed by atoms with E-state index in [0.717, 1.165) is 5.39 Å². The number of hydrogen-bond acceptors (Lipinski definition) is 6. The van der Waals surface area contributed by atoms with Crippen molar-refractivity contribution >= 4 is 28.1 Å². The Morgan fingerprint density at radius 1 is 1.15 bits per heavy atom. The lowest BCUT2D eigenvalue weighted by Crippen LogP contribution is -2.05. The number of nitrogens with two attached hydrogens (primary N) is 1. The number of fused-ring (bicyclic) bond motifs is 1. The molecule has 0 radical (unpaired) electrons. The van der Waals surface area contributed by atoms with E-state index in [9.17, 15) is 19.7 Å². The first-order valence-corrected chi connectivity index (χ1v) is 7.55. The van der Waals surface area contributed by atoms with Gasteiger partial charge in [-0.1, -0.05) is 12.1 Å². The quantitative estimate of drug-likeness (QED) is 0.315. The van der Waals surface area contributed by atoms with Gasteiger partial charge in [-0.25, -0.2) is 4.79 Å². The zero-order chi connectivity index (χ0) is 19.3. The third-order valence-corrected chi connectivity index (χ3v) is 3.76. The van der Waals surface area contributed by atoms with Crippen LogP contribution in [0.25, 0.3) is 10.8 Å². The molecule has 134 valence electrons. The summed E-state index contributed by atoms with van der Waals surface area (Å²) < 4.78 is 4.49. The van der Waals surface area contributed by atoms with Crippen LogP contribution in [0, 0.1) is 17.0 Å². The molecular formula is C18H17N3O5. The van der Waals surface area contributed by atoms with Gasteiger partial charge in [0.05, 0.1) is 17.6 Å². The molecule has 3 aromatic rings. The van der Waals surface area contributed by atoms with Gasteiger partial charge in [-0.3, -0.25) is 14.9 Å². The summed E-state index contributed by atoms with van der Waals surface area (Å²) in [6, 6.07) is 11.4. The van der Waals surface area contributed by atoms with Crippen molar-refractivity contribution in [1.82, 2.24) is 4.98 Å². The number of nitro groups is 1. The summed E-state index contributed by atoms with van der Waals surface area (Å²) in [4.78, 5) is 35.0. The molecule has 0 unspecified atom stereocenters. The average Bonchev–Trinajstić information content (AvgIpc) is 2.63. The zero-order valence-corrected chi connectivity index (χ0v) is 14.2. The maximum absolute atomic E-state index is 11.2. The maximum atomic E-state index is 11.2. The van der Waals surface area contributed by atoms with Crippen molar-refractivity contribution in [2.24, 2.45) is 0 Å². The third-order valence-electron chi connectivity index (χ3n) is 3.76. The number of carbonyl (C=O) groups excluding carboxylic acids is 1. The number of rotatable bonds is 2.